The minimum Gasteiger partial charge on any atom is -0.310 e. The van der Waals surface area contributed by atoms with E-state index in [1.54, 1.807) is 16.4 Å². The molecule has 0 aromatic carbocycles. The average Bonchev–Trinajstić information content (AvgIpc) is 2.68. The van der Waals surface area contributed by atoms with Crippen molar-refractivity contribution in [2.24, 2.45) is 5.92 Å². The normalized spacial score (nSPS) is 23.8. The van der Waals surface area contributed by atoms with E-state index in [1.807, 2.05) is 13.8 Å². The molecule has 5 nitrogen and oxygen atoms in total. The molecule has 1 aromatic rings. The zero-order valence-electron chi connectivity index (χ0n) is 12.6. The molecule has 1 aliphatic carbocycles. The van der Waals surface area contributed by atoms with Crippen molar-refractivity contribution >= 4 is 23.5 Å². The van der Waals surface area contributed by atoms with Crippen molar-refractivity contribution < 1.29 is 4.79 Å². The van der Waals surface area contributed by atoms with Crippen LogP contribution >= 0.6 is 11.8 Å². The first-order valence-electron chi connectivity index (χ1n) is 7.83. The molecule has 3 rings (SSSR count). The molecule has 21 heavy (non-hydrogen) atoms. The van der Waals surface area contributed by atoms with Crippen molar-refractivity contribution in [1.82, 2.24) is 9.78 Å². The van der Waals surface area contributed by atoms with Crippen molar-refractivity contribution in [2.75, 3.05) is 11.1 Å². The second kappa shape index (κ2) is 5.91. The van der Waals surface area contributed by atoms with Crippen LogP contribution in [0.1, 0.15) is 62.8 Å². The highest BCUT2D eigenvalue weighted by Gasteiger charge is 2.35. The molecule has 116 valence electrons. The second-order valence-electron chi connectivity index (χ2n) is 6.34. The Hall–Kier alpha value is -1.17. The van der Waals surface area contributed by atoms with Gasteiger partial charge in [0.25, 0.3) is 5.56 Å². The fraction of sp³-hybridized carbons (Fsp3) is 0.733. The van der Waals surface area contributed by atoms with Crippen molar-refractivity contribution in [2.45, 2.75) is 57.2 Å². The number of fused-ring (bicyclic) bond motifs is 1. The fourth-order valence-corrected chi connectivity index (χ4v) is 4.80. The molecule has 1 aromatic heterocycles. The molecule has 2 heterocycles. The Morgan fingerprint density at radius 3 is 2.57 bits per heavy atom. The topological polar surface area (TPSA) is 66.9 Å². The molecule has 0 saturated heterocycles. The molecule has 1 amide bonds. The lowest BCUT2D eigenvalue weighted by Gasteiger charge is -2.28. The number of carbonyl (C=O) groups is 1. The first kappa shape index (κ1) is 14.8. The number of hydrogen-bond acceptors (Lipinski definition) is 3. The molecule has 2 aliphatic rings. The van der Waals surface area contributed by atoms with E-state index in [1.165, 1.54) is 19.3 Å². The minimum atomic E-state index is -0.0380. The van der Waals surface area contributed by atoms with Crippen LogP contribution in [0.2, 0.25) is 0 Å². The average molecular weight is 309 g/mol. The highest BCUT2D eigenvalue weighted by molar-refractivity contribution is 8.00. The molecule has 6 heteroatoms. The summed E-state index contributed by atoms with van der Waals surface area (Å²) in [6.07, 6.45) is 6.10. The van der Waals surface area contributed by atoms with Crippen LogP contribution in [0.4, 0.5) is 5.82 Å². The van der Waals surface area contributed by atoms with E-state index in [2.05, 4.69) is 10.4 Å². The number of anilines is 1. The molecule has 0 unspecified atom stereocenters. The number of nitrogens with one attached hydrogen (secondary N) is 2. The Kier molecular flexibility index (Phi) is 4.15. The Morgan fingerprint density at radius 2 is 1.90 bits per heavy atom. The summed E-state index contributed by atoms with van der Waals surface area (Å²) in [5, 5.41) is 5.98. The van der Waals surface area contributed by atoms with Gasteiger partial charge in [-0.2, -0.15) is 0 Å². The summed E-state index contributed by atoms with van der Waals surface area (Å²) in [7, 11) is 0. The predicted octanol–water partition coefficient (Wildman–Crippen LogP) is 3.06. The first-order chi connectivity index (χ1) is 10.1. The summed E-state index contributed by atoms with van der Waals surface area (Å²) in [5.74, 6) is 1.64. The van der Waals surface area contributed by atoms with Gasteiger partial charge in [-0.15, -0.1) is 11.8 Å². The van der Waals surface area contributed by atoms with E-state index in [4.69, 9.17) is 0 Å². The van der Waals surface area contributed by atoms with Crippen molar-refractivity contribution in [3.05, 3.63) is 15.9 Å². The lowest BCUT2D eigenvalue weighted by molar-refractivity contribution is -0.113. The third kappa shape index (κ3) is 2.78. The highest BCUT2D eigenvalue weighted by Crippen LogP contribution is 2.45. The molecular formula is C15H23N3O2S. The van der Waals surface area contributed by atoms with Crippen LogP contribution in [0, 0.1) is 5.92 Å². The summed E-state index contributed by atoms with van der Waals surface area (Å²) in [6, 6.07) is 0.122. The summed E-state index contributed by atoms with van der Waals surface area (Å²) in [4.78, 5) is 24.5. The zero-order chi connectivity index (χ0) is 15.0. The Morgan fingerprint density at radius 1 is 1.19 bits per heavy atom. The lowest BCUT2D eigenvalue weighted by Crippen LogP contribution is -2.19. The summed E-state index contributed by atoms with van der Waals surface area (Å²) in [5.41, 5.74) is 0.746. The number of amides is 1. The van der Waals surface area contributed by atoms with Gasteiger partial charge >= 0.3 is 0 Å². The van der Waals surface area contributed by atoms with E-state index in [0.29, 0.717) is 17.5 Å². The van der Waals surface area contributed by atoms with Crippen LogP contribution in [-0.2, 0) is 4.79 Å². The third-order valence-corrected chi connectivity index (χ3v) is 5.90. The second-order valence-corrected chi connectivity index (χ2v) is 7.47. The molecule has 0 bridgehead atoms. The Balaban J connectivity index is 2.04. The number of aromatic nitrogens is 2. The van der Waals surface area contributed by atoms with Crippen molar-refractivity contribution in [3.63, 3.8) is 0 Å². The summed E-state index contributed by atoms with van der Waals surface area (Å²) in [6.45, 7) is 4.02. The standard InChI is InChI=1S/C15H23N3O2S/c1-9(2)18-14-12(15(20)17-18)13(21-8-11(19)16-14)10-6-4-3-5-7-10/h9-10,13H,3-8H2,1-2H3,(H,16,19)(H,17,20)/t13-/m0/s1. The smallest absolute Gasteiger partial charge is 0.270 e. The number of rotatable bonds is 2. The van der Waals surface area contributed by atoms with Gasteiger partial charge in [-0.25, -0.2) is 0 Å². The van der Waals surface area contributed by atoms with E-state index >= 15 is 0 Å². The number of H-pyrrole nitrogens is 1. The number of hydrogen-bond donors (Lipinski definition) is 2. The summed E-state index contributed by atoms with van der Waals surface area (Å²) >= 11 is 1.64. The van der Waals surface area contributed by atoms with Crippen molar-refractivity contribution in [3.8, 4) is 0 Å². The van der Waals surface area contributed by atoms with E-state index in [9.17, 15) is 9.59 Å². The molecule has 1 atom stereocenters. The number of thioether (sulfide) groups is 1. The first-order valence-corrected chi connectivity index (χ1v) is 8.88. The number of aromatic amines is 1. The van der Waals surface area contributed by atoms with Gasteiger partial charge in [0.2, 0.25) is 5.91 Å². The Bertz CT molecular complexity index is 584. The molecule has 0 spiro atoms. The van der Waals surface area contributed by atoms with E-state index < -0.39 is 0 Å². The van der Waals surface area contributed by atoms with Gasteiger partial charge in [0.15, 0.2) is 0 Å². The molecule has 2 N–H and O–H groups in total. The molecule has 0 radical (unpaired) electrons. The third-order valence-electron chi connectivity index (χ3n) is 4.49. The Labute approximate surface area is 128 Å². The van der Waals surface area contributed by atoms with Crippen LogP contribution in [0.25, 0.3) is 0 Å². The van der Waals surface area contributed by atoms with Gasteiger partial charge in [-0.1, -0.05) is 19.3 Å². The number of carbonyl (C=O) groups excluding carboxylic acids is 1. The van der Waals surface area contributed by atoms with Gasteiger partial charge in [0.1, 0.15) is 5.82 Å². The van der Waals surface area contributed by atoms with Gasteiger partial charge in [0.05, 0.1) is 11.3 Å². The zero-order valence-corrected chi connectivity index (χ0v) is 13.5. The number of nitrogens with zero attached hydrogens (tertiary/aromatic N) is 1. The molecule has 1 fully saturated rings. The van der Waals surface area contributed by atoms with Crippen LogP contribution in [0.15, 0.2) is 4.79 Å². The van der Waals surface area contributed by atoms with Gasteiger partial charge < -0.3 is 5.32 Å². The highest BCUT2D eigenvalue weighted by atomic mass is 32.2. The predicted molar refractivity (Wildman–Crippen MR) is 85.8 cm³/mol. The maximum atomic E-state index is 12.5. The van der Waals surface area contributed by atoms with E-state index in [-0.39, 0.29) is 22.8 Å². The van der Waals surface area contributed by atoms with Gasteiger partial charge in [-0.3, -0.25) is 19.4 Å². The minimum absolute atomic E-state index is 0.00652. The van der Waals surface area contributed by atoms with Gasteiger partial charge in [0, 0.05) is 11.3 Å². The largest absolute Gasteiger partial charge is 0.310 e. The maximum Gasteiger partial charge on any atom is 0.270 e. The van der Waals surface area contributed by atoms with E-state index in [0.717, 1.165) is 18.4 Å². The maximum absolute atomic E-state index is 12.5. The molecule has 1 saturated carbocycles. The quantitative estimate of drug-likeness (QED) is 0.882. The van der Waals surface area contributed by atoms with Gasteiger partial charge in [-0.05, 0) is 32.6 Å². The SMILES string of the molecule is CC(C)n1[nH]c(=O)c2c1NC(=O)CS[C@H]2C1CCCCC1. The molecular weight excluding hydrogens is 286 g/mol. The lowest BCUT2D eigenvalue weighted by atomic mass is 9.85. The summed E-state index contributed by atoms with van der Waals surface area (Å²) < 4.78 is 1.80. The molecule has 1 aliphatic heterocycles. The van der Waals surface area contributed by atoms with Crippen molar-refractivity contribution in [1.29, 1.82) is 0 Å². The van der Waals surface area contributed by atoms with Crippen LogP contribution in [0.5, 0.6) is 0 Å². The monoisotopic (exact) mass is 309 g/mol. The van der Waals surface area contributed by atoms with Crippen LogP contribution < -0.4 is 10.9 Å². The fourth-order valence-electron chi connectivity index (χ4n) is 3.47. The van der Waals surface area contributed by atoms with Crippen LogP contribution in [0.3, 0.4) is 0 Å². The van der Waals surface area contributed by atoms with Crippen LogP contribution in [-0.4, -0.2) is 21.4 Å².